The monoisotopic (exact) mass is 490 g/mol. The maximum absolute atomic E-state index is 13.9. The van der Waals surface area contributed by atoms with Crippen molar-refractivity contribution in [2.75, 3.05) is 18.3 Å². The molecular formula is C27H26N2O7. The summed E-state index contributed by atoms with van der Waals surface area (Å²) in [6, 6.07) is 22.7. The second-order valence-corrected chi connectivity index (χ2v) is 8.12. The third-order valence-corrected chi connectivity index (χ3v) is 6.06. The van der Waals surface area contributed by atoms with Crippen LogP contribution in [0.3, 0.4) is 0 Å². The molecule has 9 heteroatoms. The lowest BCUT2D eigenvalue weighted by Crippen LogP contribution is -2.49. The molecule has 36 heavy (non-hydrogen) atoms. The van der Waals surface area contributed by atoms with Gasteiger partial charge >= 0.3 is 11.9 Å². The summed E-state index contributed by atoms with van der Waals surface area (Å²) < 4.78 is 11.0. The van der Waals surface area contributed by atoms with E-state index in [1.807, 2.05) is 24.3 Å². The third-order valence-electron chi connectivity index (χ3n) is 6.06. The average Bonchev–Trinajstić information content (AvgIpc) is 3.27. The van der Waals surface area contributed by atoms with Gasteiger partial charge in [0.2, 0.25) is 5.41 Å². The molecule has 0 N–H and O–H groups in total. The maximum Gasteiger partial charge on any atom is 0.329 e. The second-order valence-electron chi connectivity index (χ2n) is 8.12. The van der Waals surface area contributed by atoms with E-state index >= 15 is 0 Å². The quantitative estimate of drug-likeness (QED) is 0.189. The first-order chi connectivity index (χ1) is 17.4. The van der Waals surface area contributed by atoms with E-state index in [4.69, 9.17) is 14.3 Å². The molecule has 0 aliphatic carbocycles. The van der Waals surface area contributed by atoms with E-state index in [0.29, 0.717) is 16.8 Å². The van der Waals surface area contributed by atoms with Gasteiger partial charge in [-0.1, -0.05) is 48.5 Å². The lowest BCUT2D eigenvalue weighted by Gasteiger charge is -2.34. The van der Waals surface area contributed by atoms with Crippen molar-refractivity contribution >= 4 is 23.3 Å². The third kappa shape index (κ3) is 4.29. The Labute approximate surface area is 208 Å². The van der Waals surface area contributed by atoms with Gasteiger partial charge in [0, 0.05) is 12.1 Å². The van der Waals surface area contributed by atoms with Gasteiger partial charge in [0.15, 0.2) is 0 Å². The number of para-hydroxylation sites is 1. The Morgan fingerprint density at radius 3 is 1.89 bits per heavy atom. The van der Waals surface area contributed by atoms with Crippen LogP contribution >= 0.6 is 0 Å². The van der Waals surface area contributed by atoms with Gasteiger partial charge in [-0.2, -0.15) is 0 Å². The van der Waals surface area contributed by atoms with Gasteiger partial charge in [-0.15, -0.1) is 0 Å². The van der Waals surface area contributed by atoms with Gasteiger partial charge in [-0.05, 0) is 49.2 Å². The van der Waals surface area contributed by atoms with Crippen LogP contribution in [0.4, 0.5) is 11.4 Å². The summed E-state index contributed by atoms with van der Waals surface area (Å²) in [4.78, 5) is 44.9. The van der Waals surface area contributed by atoms with Crippen molar-refractivity contribution in [3.05, 3.63) is 106 Å². The fourth-order valence-corrected chi connectivity index (χ4v) is 4.52. The van der Waals surface area contributed by atoms with Crippen LogP contribution in [0, 0.1) is 15.5 Å². The summed E-state index contributed by atoms with van der Waals surface area (Å²) in [7, 11) is 0. The van der Waals surface area contributed by atoms with Crippen molar-refractivity contribution in [3.8, 4) is 0 Å². The van der Waals surface area contributed by atoms with Crippen LogP contribution in [-0.2, 0) is 23.9 Å². The number of ether oxygens (including phenoxy) is 2. The largest absolute Gasteiger partial charge is 0.465 e. The number of nitro groups is 1. The van der Waals surface area contributed by atoms with Crippen LogP contribution in [0.15, 0.2) is 84.9 Å². The molecule has 0 aromatic heterocycles. The molecule has 0 spiro atoms. The Kier molecular flexibility index (Phi) is 7.30. The molecule has 9 nitrogen and oxygen atoms in total. The zero-order valence-electron chi connectivity index (χ0n) is 19.9. The van der Waals surface area contributed by atoms with E-state index in [9.17, 15) is 19.7 Å². The van der Waals surface area contributed by atoms with Gasteiger partial charge < -0.3 is 9.47 Å². The minimum absolute atomic E-state index is 0.0276. The molecule has 2 atom stereocenters. The Bertz CT molecular complexity index is 1200. The molecular weight excluding hydrogens is 464 g/mol. The average molecular weight is 491 g/mol. The molecule has 1 aliphatic rings. The number of carbonyl (C=O) groups excluding carboxylic acids is 2. The Morgan fingerprint density at radius 2 is 1.39 bits per heavy atom. The van der Waals surface area contributed by atoms with Crippen LogP contribution < -0.4 is 5.06 Å². The van der Waals surface area contributed by atoms with Gasteiger partial charge in [-0.3, -0.25) is 24.5 Å². The van der Waals surface area contributed by atoms with E-state index in [-0.39, 0.29) is 18.9 Å². The number of anilines is 1. The minimum atomic E-state index is -1.97. The summed E-state index contributed by atoms with van der Waals surface area (Å²) in [5.74, 6) is -1.61. The molecule has 1 saturated heterocycles. The van der Waals surface area contributed by atoms with E-state index in [1.54, 1.807) is 50.2 Å². The topological polar surface area (TPSA) is 108 Å². The van der Waals surface area contributed by atoms with Crippen LogP contribution in [0.2, 0.25) is 0 Å². The number of nitro benzene ring substituents is 1. The van der Waals surface area contributed by atoms with Gasteiger partial charge in [0.05, 0.1) is 23.8 Å². The van der Waals surface area contributed by atoms with Gasteiger partial charge in [-0.25, -0.2) is 5.06 Å². The van der Waals surface area contributed by atoms with Gasteiger partial charge in [0.1, 0.15) is 12.1 Å². The fraction of sp³-hybridized carbons (Fsp3) is 0.259. The Balaban J connectivity index is 2.01. The SMILES string of the molecule is CCOC(=O)C1(C(=O)OCC)[C@H](c2ccc([N+](=O)[O-])cc2)ON(c2ccccc2)[C@@H]1c1ccccc1. The summed E-state index contributed by atoms with van der Waals surface area (Å²) in [5, 5.41) is 12.8. The second kappa shape index (κ2) is 10.6. The highest BCUT2D eigenvalue weighted by Crippen LogP contribution is 2.58. The first kappa shape index (κ1) is 24.9. The lowest BCUT2D eigenvalue weighted by atomic mass is 9.71. The number of hydrogen-bond donors (Lipinski definition) is 0. The molecule has 0 saturated carbocycles. The van der Waals surface area contributed by atoms with E-state index in [2.05, 4.69) is 0 Å². The Morgan fingerprint density at radius 1 is 0.861 bits per heavy atom. The number of carbonyl (C=O) groups is 2. The number of hydroxylamine groups is 1. The molecule has 186 valence electrons. The van der Waals surface area contributed by atoms with Crippen molar-refractivity contribution in [1.29, 1.82) is 0 Å². The van der Waals surface area contributed by atoms with Crippen molar-refractivity contribution in [2.24, 2.45) is 5.41 Å². The molecule has 1 fully saturated rings. The number of non-ortho nitro benzene ring substituents is 1. The Hall–Kier alpha value is -4.24. The number of benzene rings is 3. The predicted octanol–water partition coefficient (Wildman–Crippen LogP) is 4.94. The van der Waals surface area contributed by atoms with Crippen LogP contribution in [0.5, 0.6) is 0 Å². The molecule has 4 rings (SSSR count). The highest BCUT2D eigenvalue weighted by atomic mass is 16.7. The van der Waals surface area contributed by atoms with E-state index in [1.165, 1.54) is 29.3 Å². The lowest BCUT2D eigenvalue weighted by molar-refractivity contribution is -0.384. The van der Waals surface area contributed by atoms with Crippen LogP contribution in [0.1, 0.15) is 37.1 Å². The summed E-state index contributed by atoms with van der Waals surface area (Å²) >= 11 is 0. The molecule has 0 unspecified atom stereocenters. The van der Waals surface area contributed by atoms with E-state index in [0.717, 1.165) is 0 Å². The predicted molar refractivity (Wildman–Crippen MR) is 131 cm³/mol. The molecule has 3 aromatic carbocycles. The minimum Gasteiger partial charge on any atom is -0.465 e. The van der Waals surface area contributed by atoms with Crippen molar-refractivity contribution in [2.45, 2.75) is 26.0 Å². The first-order valence-electron chi connectivity index (χ1n) is 11.6. The fourth-order valence-electron chi connectivity index (χ4n) is 4.52. The molecule has 0 bridgehead atoms. The zero-order valence-corrected chi connectivity index (χ0v) is 19.9. The zero-order chi connectivity index (χ0) is 25.7. The van der Waals surface area contributed by atoms with Crippen LogP contribution in [-0.4, -0.2) is 30.1 Å². The molecule has 3 aromatic rings. The number of nitrogens with zero attached hydrogens (tertiary/aromatic N) is 2. The number of rotatable bonds is 8. The first-order valence-corrected chi connectivity index (χ1v) is 11.6. The summed E-state index contributed by atoms with van der Waals surface area (Å²) in [6.45, 7) is 3.36. The normalized spacial score (nSPS) is 18.4. The van der Waals surface area contributed by atoms with Crippen molar-refractivity contribution in [3.63, 3.8) is 0 Å². The number of hydrogen-bond acceptors (Lipinski definition) is 8. The molecule has 0 radical (unpaired) electrons. The summed E-state index contributed by atoms with van der Waals surface area (Å²) in [6.07, 6.45) is -1.19. The highest BCUT2D eigenvalue weighted by Gasteiger charge is 2.69. The van der Waals surface area contributed by atoms with Crippen molar-refractivity contribution < 1.29 is 28.8 Å². The van der Waals surface area contributed by atoms with Crippen LogP contribution in [0.25, 0.3) is 0 Å². The number of esters is 2. The standard InChI is InChI=1S/C27H26N2O7/c1-3-34-25(30)27(26(31)35-4-2)23(19-11-7-5-8-12-19)28(21-13-9-6-10-14-21)36-24(27)20-15-17-22(18-16-20)29(32)33/h5-18,23-24H,3-4H2,1-2H3/t23-,24+/m1/s1. The van der Waals surface area contributed by atoms with Crippen molar-refractivity contribution in [1.82, 2.24) is 0 Å². The highest BCUT2D eigenvalue weighted by molar-refractivity contribution is 6.03. The van der Waals surface area contributed by atoms with Gasteiger partial charge in [0.25, 0.3) is 5.69 Å². The smallest absolute Gasteiger partial charge is 0.329 e. The maximum atomic E-state index is 13.9. The van der Waals surface area contributed by atoms with E-state index < -0.39 is 34.4 Å². The molecule has 0 amide bonds. The molecule has 1 aliphatic heterocycles. The molecule has 1 heterocycles. The summed E-state index contributed by atoms with van der Waals surface area (Å²) in [5.41, 5.74) is -0.477.